The summed E-state index contributed by atoms with van der Waals surface area (Å²) in [6, 6.07) is 0. The van der Waals surface area contributed by atoms with E-state index in [0.717, 1.165) is 6.92 Å². The molecule has 266 valence electrons. The molecule has 3 unspecified atom stereocenters. The van der Waals surface area contributed by atoms with Gasteiger partial charge in [-0.2, -0.15) is 0 Å². The molecule has 4 N–H and O–H groups in total. The molecule has 15 nitrogen and oxygen atoms in total. The molecule has 15 heteroatoms. The maximum atomic E-state index is 13.2. The molecule has 46 heavy (non-hydrogen) atoms. The number of carbonyl (C=O) groups excluding carboxylic acids is 4. The van der Waals surface area contributed by atoms with Crippen molar-refractivity contribution in [3.8, 4) is 0 Å². The molecular weight excluding hydrogens is 612 g/mol. The van der Waals surface area contributed by atoms with Crippen molar-refractivity contribution in [1.29, 1.82) is 0 Å². The molecule has 0 aromatic heterocycles. The van der Waals surface area contributed by atoms with Gasteiger partial charge >= 0.3 is 23.9 Å². The van der Waals surface area contributed by atoms with E-state index < -0.39 is 104 Å². The maximum Gasteiger partial charge on any atom is 0.309 e. The number of esters is 4. The highest BCUT2D eigenvalue weighted by Crippen LogP contribution is 2.38. The minimum Gasteiger partial charge on any atom is -0.463 e. The van der Waals surface area contributed by atoms with E-state index >= 15 is 0 Å². The van der Waals surface area contributed by atoms with Crippen LogP contribution in [0.4, 0.5) is 0 Å². The van der Waals surface area contributed by atoms with E-state index in [4.69, 9.17) is 33.2 Å². The maximum absolute atomic E-state index is 13.2. The number of ether oxygens (including phenoxy) is 7. The molecule has 2 aliphatic heterocycles. The summed E-state index contributed by atoms with van der Waals surface area (Å²) in [6.07, 6.45) is -11.3. The largest absolute Gasteiger partial charge is 0.463 e. The van der Waals surface area contributed by atoms with Crippen LogP contribution in [0.1, 0.15) is 80.6 Å². The molecule has 0 radical (unpaired) electrons. The average molecular weight is 665 g/mol. The highest BCUT2D eigenvalue weighted by Gasteiger charge is 2.60. The molecular formula is C31H52O15. The standard InChI is InChI=1S/C31H52O15/c1-8-16(4)11-22(35)42-26-25(44-29(39)18(6)10-3)21(14-40-19(7)34)41-30(27(26)43-23(36)12-17(5)9-2)46-31(15-33)28(38)24(37)20(13-32)45-31/h16-18,20-21,24-28,30,32-33,37-38H,8-15H2,1-7H3/t16?,17?,18?,20-,21-,24-,25-,26+,27-,28+,30-,31+/m1/s1. The Bertz CT molecular complexity index is 1010. The third-order valence-electron chi connectivity index (χ3n) is 8.49. The van der Waals surface area contributed by atoms with E-state index in [1.807, 2.05) is 27.7 Å². The van der Waals surface area contributed by atoms with Crippen LogP contribution in [0, 0.1) is 17.8 Å². The smallest absolute Gasteiger partial charge is 0.309 e. The van der Waals surface area contributed by atoms with Crippen LogP contribution in [0.15, 0.2) is 0 Å². The lowest BCUT2D eigenvalue weighted by molar-refractivity contribution is -0.384. The molecule has 0 aromatic rings. The predicted octanol–water partition coefficient (Wildman–Crippen LogP) is 0.746. The van der Waals surface area contributed by atoms with Crippen LogP contribution in [0.2, 0.25) is 0 Å². The van der Waals surface area contributed by atoms with Gasteiger partial charge in [0.25, 0.3) is 0 Å². The first-order valence-corrected chi connectivity index (χ1v) is 16.0. The van der Waals surface area contributed by atoms with Gasteiger partial charge in [0.15, 0.2) is 18.3 Å². The molecule has 12 atom stereocenters. The molecule has 2 saturated heterocycles. The van der Waals surface area contributed by atoms with Gasteiger partial charge in [-0.1, -0.05) is 54.4 Å². The van der Waals surface area contributed by atoms with Gasteiger partial charge in [0.05, 0.1) is 12.5 Å². The van der Waals surface area contributed by atoms with Crippen molar-refractivity contribution in [1.82, 2.24) is 0 Å². The van der Waals surface area contributed by atoms with E-state index in [1.54, 1.807) is 13.8 Å². The number of hydrogen-bond donors (Lipinski definition) is 4. The molecule has 0 spiro atoms. The van der Waals surface area contributed by atoms with Gasteiger partial charge in [0, 0.05) is 19.8 Å². The average Bonchev–Trinajstić information content (AvgIpc) is 3.26. The van der Waals surface area contributed by atoms with Crippen LogP contribution in [0.25, 0.3) is 0 Å². The quantitative estimate of drug-likeness (QED) is 0.125. The molecule has 2 heterocycles. The number of rotatable bonds is 17. The van der Waals surface area contributed by atoms with Gasteiger partial charge in [-0.3, -0.25) is 19.2 Å². The molecule has 0 bridgehead atoms. The van der Waals surface area contributed by atoms with Crippen LogP contribution in [0.5, 0.6) is 0 Å². The van der Waals surface area contributed by atoms with Gasteiger partial charge in [-0.15, -0.1) is 0 Å². The van der Waals surface area contributed by atoms with E-state index in [0.29, 0.717) is 19.3 Å². The molecule has 2 rings (SSSR count). The fraction of sp³-hybridized carbons (Fsp3) is 0.871. The Kier molecular flexibility index (Phi) is 15.8. The predicted molar refractivity (Wildman–Crippen MR) is 157 cm³/mol. The van der Waals surface area contributed by atoms with E-state index in [-0.39, 0.29) is 24.7 Å². The van der Waals surface area contributed by atoms with Gasteiger partial charge in [-0.25, -0.2) is 0 Å². The van der Waals surface area contributed by atoms with Crippen molar-refractivity contribution in [2.24, 2.45) is 17.8 Å². The van der Waals surface area contributed by atoms with Crippen molar-refractivity contribution in [2.45, 2.75) is 135 Å². The van der Waals surface area contributed by atoms with Gasteiger partial charge in [-0.05, 0) is 18.3 Å². The van der Waals surface area contributed by atoms with Crippen molar-refractivity contribution >= 4 is 23.9 Å². The van der Waals surface area contributed by atoms with Gasteiger partial charge in [0.1, 0.15) is 37.6 Å². The third-order valence-corrected chi connectivity index (χ3v) is 8.49. The van der Waals surface area contributed by atoms with Crippen LogP contribution in [-0.4, -0.2) is 119 Å². The monoisotopic (exact) mass is 664 g/mol. The number of carbonyl (C=O) groups is 4. The zero-order valence-corrected chi connectivity index (χ0v) is 27.8. The first kappa shape index (κ1) is 39.8. The summed E-state index contributed by atoms with van der Waals surface area (Å²) in [5.74, 6) is -6.07. The van der Waals surface area contributed by atoms with Gasteiger partial charge in [0.2, 0.25) is 12.1 Å². The molecule has 0 aromatic carbocycles. The summed E-state index contributed by atoms with van der Waals surface area (Å²) in [4.78, 5) is 51.4. The Morgan fingerprint density at radius 1 is 0.804 bits per heavy atom. The lowest BCUT2D eigenvalue weighted by Gasteiger charge is -2.46. The Hall–Kier alpha value is -2.40. The second kappa shape index (κ2) is 18.2. The Labute approximate surface area is 269 Å². The first-order chi connectivity index (χ1) is 21.7. The Morgan fingerprint density at radius 3 is 1.83 bits per heavy atom. The molecule has 0 saturated carbocycles. The van der Waals surface area contributed by atoms with Crippen molar-refractivity contribution in [3.63, 3.8) is 0 Å². The summed E-state index contributed by atoms with van der Waals surface area (Å²) in [5.41, 5.74) is 0. The topological polar surface area (TPSA) is 214 Å². The zero-order valence-electron chi connectivity index (χ0n) is 27.8. The van der Waals surface area contributed by atoms with E-state index in [9.17, 15) is 39.6 Å². The fourth-order valence-electron chi connectivity index (χ4n) is 4.85. The highest BCUT2D eigenvalue weighted by molar-refractivity contribution is 5.73. The van der Waals surface area contributed by atoms with Crippen LogP contribution in [0.3, 0.4) is 0 Å². The van der Waals surface area contributed by atoms with Crippen LogP contribution in [-0.2, 0) is 52.3 Å². The zero-order chi connectivity index (χ0) is 34.8. The second-order valence-electron chi connectivity index (χ2n) is 12.3. The summed E-state index contributed by atoms with van der Waals surface area (Å²) >= 11 is 0. The van der Waals surface area contributed by atoms with E-state index in [2.05, 4.69) is 0 Å². The number of hydrogen-bond acceptors (Lipinski definition) is 15. The normalized spacial score (nSPS) is 33.0. The Balaban J connectivity index is 2.68. The summed E-state index contributed by atoms with van der Waals surface area (Å²) in [7, 11) is 0. The molecule has 2 fully saturated rings. The molecule has 2 aliphatic rings. The van der Waals surface area contributed by atoms with Crippen molar-refractivity contribution in [3.05, 3.63) is 0 Å². The first-order valence-electron chi connectivity index (χ1n) is 16.0. The van der Waals surface area contributed by atoms with Crippen LogP contribution < -0.4 is 0 Å². The SMILES string of the molecule is CCC(C)CC(=O)O[C@@H]1[C@@H](OC(=O)CC(C)CC)[C@@H](O[C@]2(CO)O[C@H](CO)[C@@H](O)[C@@H]2O)O[C@H](COC(C)=O)[C@H]1OC(=O)C(C)CC. The summed E-state index contributed by atoms with van der Waals surface area (Å²) in [6.45, 7) is 9.61. The lowest BCUT2D eigenvalue weighted by atomic mass is 9.96. The molecule has 0 amide bonds. The van der Waals surface area contributed by atoms with Crippen molar-refractivity contribution < 1.29 is 72.8 Å². The molecule has 0 aliphatic carbocycles. The minimum atomic E-state index is -2.41. The second-order valence-corrected chi connectivity index (χ2v) is 12.3. The lowest BCUT2D eigenvalue weighted by Crippen LogP contribution is -2.65. The number of aliphatic hydroxyl groups excluding tert-OH is 4. The Morgan fingerprint density at radius 2 is 1.37 bits per heavy atom. The summed E-state index contributed by atoms with van der Waals surface area (Å²) in [5, 5.41) is 41.3. The van der Waals surface area contributed by atoms with E-state index in [1.165, 1.54) is 0 Å². The van der Waals surface area contributed by atoms with Crippen LogP contribution >= 0.6 is 0 Å². The third kappa shape index (κ3) is 10.3. The van der Waals surface area contributed by atoms with Crippen molar-refractivity contribution in [2.75, 3.05) is 19.8 Å². The minimum absolute atomic E-state index is 0.0413. The summed E-state index contributed by atoms with van der Waals surface area (Å²) < 4.78 is 40.2. The fourth-order valence-corrected chi connectivity index (χ4v) is 4.85. The van der Waals surface area contributed by atoms with Gasteiger partial charge < -0.3 is 53.6 Å². The highest BCUT2D eigenvalue weighted by atomic mass is 16.8. The number of aliphatic hydroxyl groups is 4.